The third-order valence-electron chi connectivity index (χ3n) is 1.59. The average molecular weight is 153 g/mol. The zero-order valence-electron chi connectivity index (χ0n) is 6.62. The fourth-order valence-electron chi connectivity index (χ4n) is 0.843. The third-order valence-corrected chi connectivity index (χ3v) is 1.59. The van der Waals surface area contributed by atoms with Crippen molar-refractivity contribution in [1.82, 2.24) is 4.98 Å². The van der Waals surface area contributed by atoms with Crippen LogP contribution >= 0.6 is 0 Å². The second kappa shape index (κ2) is 3.46. The number of hydrogen-bond donors (Lipinski definition) is 2. The summed E-state index contributed by atoms with van der Waals surface area (Å²) in [5, 5.41) is 9.32. The molecule has 0 aliphatic rings. The highest BCUT2D eigenvalue weighted by Gasteiger charge is 2.05. The van der Waals surface area contributed by atoms with Crippen LogP contribution in [0.15, 0.2) is 18.3 Å². The molecule has 0 aromatic carbocycles. The maximum absolute atomic E-state index is 9.32. The number of hydrogen-bond acceptors (Lipinski definition) is 2. The van der Waals surface area contributed by atoms with Gasteiger partial charge in [-0.05, 0) is 13.0 Å². The molecule has 0 unspecified atom stereocenters. The number of aryl methyl sites for hydroxylation is 1. The van der Waals surface area contributed by atoms with Crippen molar-refractivity contribution in [2.75, 3.05) is 6.54 Å². The van der Waals surface area contributed by atoms with Crippen LogP contribution in [-0.4, -0.2) is 16.6 Å². The van der Waals surface area contributed by atoms with Gasteiger partial charge in [-0.3, -0.25) is 4.98 Å². The Bertz CT molecular complexity index is 220. The Morgan fingerprint density at radius 1 is 1.64 bits per heavy atom. The highest BCUT2D eigenvalue weighted by Crippen LogP contribution is 2.08. The number of pyridine rings is 1. The van der Waals surface area contributed by atoms with Gasteiger partial charge in [-0.25, -0.2) is 0 Å². The fourth-order valence-corrected chi connectivity index (χ4v) is 0.843. The molecular formula is C8H13N2O+. The fraction of sp³-hybridized carbons (Fsp3) is 0.375. The number of aliphatic hydroxyl groups excluding tert-OH is 1. The molecule has 11 heavy (non-hydrogen) atoms. The van der Waals surface area contributed by atoms with Gasteiger partial charge in [0.2, 0.25) is 0 Å². The van der Waals surface area contributed by atoms with Crippen molar-refractivity contribution in [2.45, 2.75) is 13.0 Å². The molecule has 0 saturated carbocycles. The van der Waals surface area contributed by atoms with Gasteiger partial charge in [-0.1, -0.05) is 6.07 Å². The monoisotopic (exact) mass is 153 g/mol. The first kappa shape index (κ1) is 8.17. The summed E-state index contributed by atoms with van der Waals surface area (Å²) >= 11 is 0. The van der Waals surface area contributed by atoms with Crippen LogP contribution in [0.25, 0.3) is 0 Å². The first-order valence-corrected chi connectivity index (χ1v) is 3.64. The molecule has 4 N–H and O–H groups in total. The van der Waals surface area contributed by atoms with Gasteiger partial charge in [0.15, 0.2) is 0 Å². The highest BCUT2D eigenvalue weighted by molar-refractivity contribution is 5.15. The van der Waals surface area contributed by atoms with E-state index in [1.165, 1.54) is 0 Å². The molecule has 0 aliphatic heterocycles. The Labute approximate surface area is 65.9 Å². The summed E-state index contributed by atoms with van der Waals surface area (Å²) in [5.74, 6) is 0. The van der Waals surface area contributed by atoms with Crippen molar-refractivity contribution in [3.8, 4) is 0 Å². The Kier molecular flexibility index (Phi) is 2.57. The predicted octanol–water partition coefficient (Wildman–Crippen LogP) is -0.335. The quantitative estimate of drug-likeness (QED) is 0.611. The van der Waals surface area contributed by atoms with Gasteiger partial charge in [-0.2, -0.15) is 0 Å². The van der Waals surface area contributed by atoms with E-state index in [0.717, 1.165) is 11.3 Å². The third kappa shape index (κ3) is 2.00. The standard InChI is InChI=1S/C8H12N2O/c1-6-2-3-7(5-10-6)8(11)4-9/h2-3,5,8,11H,4,9H2,1H3/p+1/t8-/m0/s1. The molecule has 3 heteroatoms. The van der Waals surface area contributed by atoms with Gasteiger partial charge >= 0.3 is 0 Å². The molecule has 0 bridgehead atoms. The van der Waals surface area contributed by atoms with E-state index in [9.17, 15) is 5.11 Å². The summed E-state index contributed by atoms with van der Waals surface area (Å²) in [7, 11) is 0. The minimum atomic E-state index is -0.469. The summed E-state index contributed by atoms with van der Waals surface area (Å²) in [4.78, 5) is 4.06. The van der Waals surface area contributed by atoms with Crippen LogP contribution in [0.4, 0.5) is 0 Å². The van der Waals surface area contributed by atoms with Crippen molar-refractivity contribution in [3.63, 3.8) is 0 Å². The molecule has 3 nitrogen and oxygen atoms in total. The molecule has 1 heterocycles. The van der Waals surface area contributed by atoms with Crippen molar-refractivity contribution in [2.24, 2.45) is 0 Å². The Hall–Kier alpha value is -0.930. The summed E-state index contributed by atoms with van der Waals surface area (Å²) < 4.78 is 0. The van der Waals surface area contributed by atoms with Gasteiger partial charge in [0.05, 0.1) is 0 Å². The summed E-state index contributed by atoms with van der Waals surface area (Å²) in [6, 6.07) is 3.76. The number of aliphatic hydroxyl groups is 1. The van der Waals surface area contributed by atoms with Crippen LogP contribution in [0.3, 0.4) is 0 Å². The molecule has 1 rings (SSSR count). The maximum atomic E-state index is 9.32. The molecule has 0 saturated heterocycles. The van der Waals surface area contributed by atoms with Crippen molar-refractivity contribution < 1.29 is 10.8 Å². The normalized spacial score (nSPS) is 13.0. The van der Waals surface area contributed by atoms with Crippen LogP contribution < -0.4 is 5.73 Å². The van der Waals surface area contributed by atoms with Crippen LogP contribution in [0.5, 0.6) is 0 Å². The summed E-state index contributed by atoms with van der Waals surface area (Å²) in [6.07, 6.45) is 1.22. The minimum Gasteiger partial charge on any atom is -0.382 e. The van der Waals surface area contributed by atoms with E-state index in [1.807, 2.05) is 19.1 Å². The predicted molar refractivity (Wildman–Crippen MR) is 41.7 cm³/mol. The lowest BCUT2D eigenvalue weighted by molar-refractivity contribution is -0.385. The topological polar surface area (TPSA) is 60.8 Å². The van der Waals surface area contributed by atoms with Crippen LogP contribution in [0, 0.1) is 6.92 Å². The van der Waals surface area contributed by atoms with E-state index in [1.54, 1.807) is 6.20 Å². The van der Waals surface area contributed by atoms with E-state index < -0.39 is 6.10 Å². The van der Waals surface area contributed by atoms with Crippen molar-refractivity contribution in [3.05, 3.63) is 29.6 Å². The smallest absolute Gasteiger partial charge is 0.129 e. The van der Waals surface area contributed by atoms with Crippen LogP contribution in [0.2, 0.25) is 0 Å². The van der Waals surface area contributed by atoms with Crippen molar-refractivity contribution >= 4 is 0 Å². The molecule has 1 aromatic heterocycles. The lowest BCUT2D eigenvalue weighted by Crippen LogP contribution is -2.52. The zero-order valence-corrected chi connectivity index (χ0v) is 6.62. The van der Waals surface area contributed by atoms with E-state index >= 15 is 0 Å². The second-order valence-electron chi connectivity index (χ2n) is 2.54. The minimum absolute atomic E-state index is 0.469. The van der Waals surface area contributed by atoms with E-state index in [2.05, 4.69) is 10.7 Å². The van der Waals surface area contributed by atoms with Gasteiger partial charge in [0, 0.05) is 17.5 Å². The zero-order chi connectivity index (χ0) is 8.27. The molecular weight excluding hydrogens is 140 g/mol. The molecule has 0 amide bonds. The molecule has 60 valence electrons. The largest absolute Gasteiger partial charge is 0.382 e. The highest BCUT2D eigenvalue weighted by atomic mass is 16.3. The number of aromatic nitrogens is 1. The van der Waals surface area contributed by atoms with E-state index in [4.69, 9.17) is 0 Å². The first-order valence-electron chi connectivity index (χ1n) is 3.64. The Morgan fingerprint density at radius 2 is 2.36 bits per heavy atom. The number of quaternary nitrogens is 1. The Balaban J connectivity index is 2.81. The van der Waals surface area contributed by atoms with Gasteiger partial charge in [0.1, 0.15) is 12.6 Å². The Morgan fingerprint density at radius 3 is 2.82 bits per heavy atom. The average Bonchev–Trinajstić information content (AvgIpc) is 2.05. The van der Waals surface area contributed by atoms with Gasteiger partial charge < -0.3 is 10.8 Å². The molecule has 0 spiro atoms. The number of nitrogens with zero attached hydrogens (tertiary/aromatic N) is 1. The second-order valence-corrected chi connectivity index (χ2v) is 2.54. The van der Waals surface area contributed by atoms with E-state index in [-0.39, 0.29) is 0 Å². The summed E-state index contributed by atoms with van der Waals surface area (Å²) in [5.41, 5.74) is 5.41. The lowest BCUT2D eigenvalue weighted by Gasteiger charge is -2.04. The van der Waals surface area contributed by atoms with Crippen molar-refractivity contribution in [1.29, 1.82) is 0 Å². The molecule has 1 atom stereocenters. The lowest BCUT2D eigenvalue weighted by atomic mass is 10.1. The van der Waals surface area contributed by atoms with Crippen LogP contribution in [0.1, 0.15) is 17.4 Å². The van der Waals surface area contributed by atoms with Gasteiger partial charge in [0.25, 0.3) is 0 Å². The molecule has 0 fully saturated rings. The van der Waals surface area contributed by atoms with Crippen LogP contribution in [-0.2, 0) is 0 Å². The maximum Gasteiger partial charge on any atom is 0.129 e. The van der Waals surface area contributed by atoms with E-state index in [0.29, 0.717) is 6.54 Å². The SMILES string of the molecule is Cc1ccc([C@@H](O)C[NH3+])cn1. The molecule has 0 aliphatic carbocycles. The molecule has 0 radical (unpaired) electrons. The summed E-state index contributed by atoms with van der Waals surface area (Å²) in [6.45, 7) is 2.41. The van der Waals surface area contributed by atoms with Gasteiger partial charge in [-0.15, -0.1) is 0 Å². The molecule has 1 aromatic rings. The number of rotatable bonds is 2. The first-order chi connectivity index (χ1) is 5.24.